The van der Waals surface area contributed by atoms with E-state index in [-0.39, 0.29) is 11.8 Å². The smallest absolute Gasteiger partial charge is 0.236 e. The minimum Gasteiger partial charge on any atom is -0.342 e. The monoisotopic (exact) mass is 464 g/mol. The standard InChI is InChI=1S/C26H36N6O2/c1-5-30(6-2)25(34)18-29-14-9-15-31(17-16-29)24(33)13-12-21-19(3)27-26-22-10-7-8-11-23(22)28-32(26)20(21)4/h7-8,10-11H,5-6,9,12-18H2,1-4H3. The van der Waals surface area contributed by atoms with E-state index in [4.69, 9.17) is 10.1 Å². The van der Waals surface area contributed by atoms with Crippen LogP contribution >= 0.6 is 0 Å². The Bertz CT molecular complexity index is 1180. The SMILES string of the molecule is CCN(CC)C(=O)CN1CCCN(C(=O)CCc2c(C)nc3c4ccccc4nn3c2C)CC1. The maximum Gasteiger partial charge on any atom is 0.236 e. The normalized spacial score (nSPS) is 15.1. The summed E-state index contributed by atoms with van der Waals surface area (Å²) in [5.41, 5.74) is 4.89. The average Bonchev–Trinajstić information content (AvgIpc) is 3.03. The number of fused-ring (bicyclic) bond motifs is 3. The molecule has 0 spiro atoms. The molecule has 2 aromatic heterocycles. The summed E-state index contributed by atoms with van der Waals surface area (Å²) in [6.07, 6.45) is 1.99. The topological polar surface area (TPSA) is 74.1 Å². The summed E-state index contributed by atoms with van der Waals surface area (Å²) in [6.45, 7) is 13.0. The van der Waals surface area contributed by atoms with E-state index in [0.717, 1.165) is 72.6 Å². The van der Waals surface area contributed by atoms with Crippen LogP contribution in [0.5, 0.6) is 0 Å². The molecular formula is C26H36N6O2. The first-order chi connectivity index (χ1) is 16.4. The van der Waals surface area contributed by atoms with Crippen LogP contribution < -0.4 is 0 Å². The van der Waals surface area contributed by atoms with Gasteiger partial charge < -0.3 is 9.80 Å². The van der Waals surface area contributed by atoms with Crippen molar-refractivity contribution in [3.8, 4) is 0 Å². The van der Waals surface area contributed by atoms with Crippen LogP contribution in [0.1, 0.15) is 43.6 Å². The zero-order chi connectivity index (χ0) is 24.2. The lowest BCUT2D eigenvalue weighted by atomic mass is 10.1. The highest BCUT2D eigenvalue weighted by Crippen LogP contribution is 2.23. The molecule has 1 saturated heterocycles. The number of carbonyl (C=O) groups is 2. The highest BCUT2D eigenvalue weighted by molar-refractivity contribution is 5.92. The Balaban J connectivity index is 1.39. The Morgan fingerprint density at radius 2 is 1.79 bits per heavy atom. The van der Waals surface area contributed by atoms with E-state index in [0.29, 0.717) is 25.9 Å². The van der Waals surface area contributed by atoms with Gasteiger partial charge in [-0.05, 0) is 58.2 Å². The van der Waals surface area contributed by atoms with Crippen molar-refractivity contribution >= 4 is 28.4 Å². The van der Waals surface area contributed by atoms with Crippen molar-refractivity contribution < 1.29 is 9.59 Å². The fraction of sp³-hybridized carbons (Fsp3) is 0.538. The third-order valence-corrected chi connectivity index (χ3v) is 7.02. The minimum absolute atomic E-state index is 0.168. The van der Waals surface area contributed by atoms with Gasteiger partial charge in [0.05, 0.1) is 12.1 Å². The maximum absolute atomic E-state index is 13.1. The highest BCUT2D eigenvalue weighted by Gasteiger charge is 2.22. The molecule has 0 saturated carbocycles. The Kier molecular flexibility index (Phi) is 7.46. The Morgan fingerprint density at radius 1 is 1.03 bits per heavy atom. The van der Waals surface area contributed by atoms with Gasteiger partial charge in [-0.2, -0.15) is 5.10 Å². The van der Waals surface area contributed by atoms with Gasteiger partial charge in [-0.1, -0.05) is 12.1 Å². The van der Waals surface area contributed by atoms with E-state index in [2.05, 4.69) is 11.8 Å². The molecule has 1 aromatic carbocycles. The number of aromatic nitrogens is 3. The fourth-order valence-electron chi connectivity index (χ4n) is 4.97. The van der Waals surface area contributed by atoms with E-state index in [1.54, 1.807) is 0 Å². The fourth-order valence-corrected chi connectivity index (χ4v) is 4.97. The minimum atomic E-state index is 0.168. The third kappa shape index (κ3) is 4.92. The number of hydrogen-bond acceptors (Lipinski definition) is 5. The molecule has 1 aliphatic heterocycles. The third-order valence-electron chi connectivity index (χ3n) is 7.02. The molecule has 182 valence electrons. The van der Waals surface area contributed by atoms with Gasteiger partial charge in [0.15, 0.2) is 5.65 Å². The van der Waals surface area contributed by atoms with Gasteiger partial charge in [-0.3, -0.25) is 14.5 Å². The van der Waals surface area contributed by atoms with Gasteiger partial charge in [0.1, 0.15) is 0 Å². The summed E-state index contributed by atoms with van der Waals surface area (Å²) in [6, 6.07) is 8.04. The van der Waals surface area contributed by atoms with Gasteiger partial charge in [0.25, 0.3) is 0 Å². The van der Waals surface area contributed by atoms with E-state index < -0.39 is 0 Å². The zero-order valence-corrected chi connectivity index (χ0v) is 20.9. The van der Waals surface area contributed by atoms with Gasteiger partial charge in [-0.25, -0.2) is 9.50 Å². The second kappa shape index (κ2) is 10.5. The molecular weight excluding hydrogens is 428 g/mol. The first kappa shape index (κ1) is 24.1. The molecule has 3 heterocycles. The van der Waals surface area contributed by atoms with Gasteiger partial charge >= 0.3 is 0 Å². The van der Waals surface area contributed by atoms with Gasteiger partial charge in [0, 0.05) is 62.5 Å². The Labute approximate surface area is 201 Å². The Hall–Kier alpha value is -3.00. The second-order valence-electron chi connectivity index (χ2n) is 9.09. The van der Waals surface area contributed by atoms with Crippen molar-refractivity contribution in [2.75, 3.05) is 45.8 Å². The molecule has 1 fully saturated rings. The van der Waals surface area contributed by atoms with Crippen LogP contribution in [0, 0.1) is 13.8 Å². The molecule has 3 aromatic rings. The summed E-state index contributed by atoms with van der Waals surface area (Å²) in [5, 5.41) is 5.77. The average molecular weight is 465 g/mol. The molecule has 8 heteroatoms. The van der Waals surface area contributed by atoms with Gasteiger partial charge in [0.2, 0.25) is 11.8 Å². The number of amides is 2. The molecule has 0 aliphatic carbocycles. The molecule has 0 radical (unpaired) electrons. The molecule has 0 bridgehead atoms. The van der Waals surface area contributed by atoms with Gasteiger partial charge in [-0.15, -0.1) is 0 Å². The van der Waals surface area contributed by atoms with Crippen LogP contribution in [0.4, 0.5) is 0 Å². The lowest BCUT2D eigenvalue weighted by Crippen LogP contribution is -2.42. The first-order valence-corrected chi connectivity index (χ1v) is 12.4. The van der Waals surface area contributed by atoms with Crippen molar-refractivity contribution in [1.82, 2.24) is 29.3 Å². The molecule has 2 amide bonds. The molecule has 8 nitrogen and oxygen atoms in total. The van der Waals surface area contributed by atoms with Crippen LogP contribution in [-0.4, -0.2) is 86.9 Å². The largest absolute Gasteiger partial charge is 0.342 e. The predicted molar refractivity (Wildman–Crippen MR) is 134 cm³/mol. The lowest BCUT2D eigenvalue weighted by Gasteiger charge is -2.25. The summed E-state index contributed by atoms with van der Waals surface area (Å²) >= 11 is 0. The molecule has 4 rings (SSSR count). The number of benzene rings is 1. The van der Waals surface area contributed by atoms with Crippen molar-refractivity contribution in [2.45, 2.75) is 47.0 Å². The number of rotatable bonds is 7. The van der Waals surface area contributed by atoms with Crippen LogP contribution in [-0.2, 0) is 16.0 Å². The highest BCUT2D eigenvalue weighted by atomic mass is 16.2. The summed E-state index contributed by atoms with van der Waals surface area (Å²) in [7, 11) is 0. The first-order valence-electron chi connectivity index (χ1n) is 12.4. The second-order valence-corrected chi connectivity index (χ2v) is 9.09. The predicted octanol–water partition coefficient (Wildman–Crippen LogP) is 2.83. The van der Waals surface area contributed by atoms with E-state index >= 15 is 0 Å². The van der Waals surface area contributed by atoms with Crippen molar-refractivity contribution in [1.29, 1.82) is 0 Å². The number of aryl methyl sites for hydroxylation is 2. The van der Waals surface area contributed by atoms with Crippen molar-refractivity contribution in [3.05, 3.63) is 41.2 Å². The molecule has 0 atom stereocenters. The Morgan fingerprint density at radius 3 is 2.56 bits per heavy atom. The van der Waals surface area contributed by atoms with Crippen molar-refractivity contribution in [3.63, 3.8) is 0 Å². The van der Waals surface area contributed by atoms with Crippen LogP contribution in [0.3, 0.4) is 0 Å². The molecule has 0 N–H and O–H groups in total. The number of carbonyl (C=O) groups excluding carboxylic acids is 2. The summed E-state index contributed by atoms with van der Waals surface area (Å²) in [4.78, 5) is 36.4. The van der Waals surface area contributed by atoms with Crippen LogP contribution in [0.15, 0.2) is 24.3 Å². The molecule has 1 aliphatic rings. The number of nitrogens with zero attached hydrogens (tertiary/aromatic N) is 6. The zero-order valence-electron chi connectivity index (χ0n) is 20.9. The summed E-state index contributed by atoms with van der Waals surface area (Å²) in [5.74, 6) is 0.339. The van der Waals surface area contributed by atoms with E-state index in [1.165, 1.54) is 0 Å². The lowest BCUT2D eigenvalue weighted by molar-refractivity contribution is -0.132. The number of hydrogen-bond donors (Lipinski definition) is 0. The molecule has 0 unspecified atom stereocenters. The number of likely N-dealkylation sites (N-methyl/N-ethyl adjacent to an activating group) is 1. The van der Waals surface area contributed by atoms with Crippen LogP contribution in [0.25, 0.3) is 16.6 Å². The van der Waals surface area contributed by atoms with E-state index in [9.17, 15) is 9.59 Å². The summed E-state index contributed by atoms with van der Waals surface area (Å²) < 4.78 is 1.91. The van der Waals surface area contributed by atoms with Crippen LogP contribution in [0.2, 0.25) is 0 Å². The maximum atomic E-state index is 13.1. The quantitative estimate of drug-likeness (QED) is 0.538. The van der Waals surface area contributed by atoms with Crippen molar-refractivity contribution in [2.24, 2.45) is 0 Å². The molecule has 34 heavy (non-hydrogen) atoms. The van der Waals surface area contributed by atoms with E-state index in [1.807, 2.05) is 59.4 Å².